The minimum Gasteiger partial charge on any atom is -0.493 e. The van der Waals surface area contributed by atoms with E-state index in [2.05, 4.69) is 11.0 Å². The van der Waals surface area contributed by atoms with Crippen molar-refractivity contribution in [3.8, 4) is 17.2 Å². The van der Waals surface area contributed by atoms with Crippen LogP contribution >= 0.6 is 0 Å². The molecule has 0 aliphatic heterocycles. The minimum atomic E-state index is -0.411. The molecule has 0 bridgehead atoms. The Morgan fingerprint density at radius 2 is 1.29 bits per heavy atom. The van der Waals surface area contributed by atoms with Crippen molar-refractivity contribution in [2.45, 2.75) is 32.1 Å². The van der Waals surface area contributed by atoms with Crippen molar-refractivity contribution < 1.29 is 33.3 Å². The zero-order valence-corrected chi connectivity index (χ0v) is 26.7. The van der Waals surface area contributed by atoms with Crippen LogP contribution in [-0.2, 0) is 14.3 Å². The van der Waals surface area contributed by atoms with Crippen LogP contribution in [0, 0.1) is 0 Å². The molecule has 0 amide bonds. The van der Waals surface area contributed by atoms with Gasteiger partial charge in [-0.1, -0.05) is 67.8 Å². The van der Waals surface area contributed by atoms with Gasteiger partial charge >= 0.3 is 11.9 Å². The van der Waals surface area contributed by atoms with Gasteiger partial charge in [-0.05, 0) is 77.8 Å². The van der Waals surface area contributed by atoms with Gasteiger partial charge in [-0.3, -0.25) is 0 Å². The molecule has 0 aliphatic rings. The molecule has 8 nitrogen and oxygen atoms in total. The number of hydrogen-bond acceptors (Lipinski definition) is 8. The number of esters is 2. The predicted octanol–water partition coefficient (Wildman–Crippen LogP) is 7.31. The van der Waals surface area contributed by atoms with E-state index >= 15 is 0 Å². The van der Waals surface area contributed by atoms with Crippen molar-refractivity contribution in [3.05, 3.63) is 83.9 Å². The molecule has 45 heavy (non-hydrogen) atoms. The Hall–Kier alpha value is -4.56. The molecule has 0 fully saturated rings. The molecular formula is C37H43NO7. The second-order valence-electron chi connectivity index (χ2n) is 10.9. The highest BCUT2D eigenvalue weighted by Gasteiger charge is 2.16. The Kier molecular flexibility index (Phi) is 12.6. The van der Waals surface area contributed by atoms with E-state index in [1.54, 1.807) is 39.5 Å². The number of carbonyl (C=O) groups is 2. The second kappa shape index (κ2) is 17.1. The van der Waals surface area contributed by atoms with Gasteiger partial charge in [-0.25, -0.2) is 9.59 Å². The van der Waals surface area contributed by atoms with Gasteiger partial charge in [0.25, 0.3) is 0 Å². The molecule has 238 valence electrons. The smallest absolute Gasteiger partial charge is 0.339 e. The molecule has 0 atom stereocenters. The Morgan fingerprint density at radius 1 is 0.689 bits per heavy atom. The van der Waals surface area contributed by atoms with E-state index < -0.39 is 5.97 Å². The highest BCUT2D eigenvalue weighted by atomic mass is 16.5. The fourth-order valence-corrected chi connectivity index (χ4v) is 5.31. The Morgan fingerprint density at radius 3 is 1.91 bits per heavy atom. The SMILES string of the molecule is COc1cc(/C=C/C(=O)OCCN(C)CCCCCCCOC(=O)c2c3ccccc3cc3ccccc23)cc(OC)c1OC. The van der Waals surface area contributed by atoms with Gasteiger partial charge < -0.3 is 28.6 Å². The van der Waals surface area contributed by atoms with Crippen LogP contribution in [0.4, 0.5) is 0 Å². The Bertz CT molecular complexity index is 1530. The molecule has 0 saturated carbocycles. The van der Waals surface area contributed by atoms with E-state index in [1.807, 2.05) is 55.6 Å². The molecule has 0 unspecified atom stereocenters. The zero-order valence-electron chi connectivity index (χ0n) is 26.7. The third-order valence-corrected chi connectivity index (χ3v) is 7.71. The number of methoxy groups -OCH3 is 3. The van der Waals surface area contributed by atoms with E-state index in [4.69, 9.17) is 23.7 Å². The van der Waals surface area contributed by atoms with Crippen molar-refractivity contribution in [2.24, 2.45) is 0 Å². The van der Waals surface area contributed by atoms with Crippen LogP contribution in [-0.4, -0.2) is 71.5 Å². The number of likely N-dealkylation sites (N-methyl/N-ethyl adjacent to an activating group) is 1. The summed E-state index contributed by atoms with van der Waals surface area (Å²) < 4.78 is 27.1. The van der Waals surface area contributed by atoms with Crippen molar-refractivity contribution in [3.63, 3.8) is 0 Å². The van der Waals surface area contributed by atoms with Gasteiger partial charge in [-0.2, -0.15) is 0 Å². The highest BCUT2D eigenvalue weighted by molar-refractivity contribution is 6.16. The number of benzene rings is 4. The minimum absolute atomic E-state index is 0.262. The average Bonchev–Trinajstić information content (AvgIpc) is 3.06. The van der Waals surface area contributed by atoms with Gasteiger partial charge in [-0.15, -0.1) is 0 Å². The highest BCUT2D eigenvalue weighted by Crippen LogP contribution is 2.38. The van der Waals surface area contributed by atoms with Crippen molar-refractivity contribution >= 4 is 39.6 Å². The topological polar surface area (TPSA) is 83.5 Å². The van der Waals surface area contributed by atoms with Crippen LogP contribution in [0.3, 0.4) is 0 Å². The summed E-state index contributed by atoms with van der Waals surface area (Å²) in [5.74, 6) is 0.852. The second-order valence-corrected chi connectivity index (χ2v) is 10.9. The first-order valence-corrected chi connectivity index (χ1v) is 15.4. The summed E-state index contributed by atoms with van der Waals surface area (Å²) >= 11 is 0. The van der Waals surface area contributed by atoms with Crippen LogP contribution < -0.4 is 14.2 Å². The third kappa shape index (κ3) is 9.22. The molecular weight excluding hydrogens is 570 g/mol. The summed E-state index contributed by atoms with van der Waals surface area (Å²) in [6.45, 7) is 2.30. The molecule has 0 aromatic heterocycles. The fraction of sp³-hybridized carbons (Fsp3) is 0.351. The molecule has 0 spiro atoms. The molecule has 0 heterocycles. The van der Waals surface area contributed by atoms with Gasteiger partial charge in [0.15, 0.2) is 11.5 Å². The molecule has 8 heteroatoms. The average molecular weight is 614 g/mol. The first-order chi connectivity index (χ1) is 21.9. The van der Waals surface area contributed by atoms with Crippen LogP contribution in [0.15, 0.2) is 72.8 Å². The summed E-state index contributed by atoms with van der Waals surface area (Å²) in [5.41, 5.74) is 1.38. The van der Waals surface area contributed by atoms with E-state index in [0.29, 0.717) is 42.6 Å². The summed E-state index contributed by atoms with van der Waals surface area (Å²) in [4.78, 5) is 27.5. The van der Waals surface area contributed by atoms with Gasteiger partial charge in [0.1, 0.15) is 6.61 Å². The van der Waals surface area contributed by atoms with Crippen LogP contribution in [0.5, 0.6) is 17.2 Å². The van der Waals surface area contributed by atoms with Crippen molar-refractivity contribution in [1.29, 1.82) is 0 Å². The number of nitrogens with zero attached hydrogens (tertiary/aromatic N) is 1. The Balaban J connectivity index is 1.09. The maximum absolute atomic E-state index is 13.1. The standard InChI is InChI=1S/C37H43NO7/c1-38(21-23-44-34(39)19-18-27-24-32(41-2)36(43-4)33(25-27)42-3)20-12-6-5-7-13-22-45-37(40)35-30-16-10-8-14-28(30)26-29-15-9-11-17-31(29)35/h8-11,14-19,24-26H,5-7,12-13,20-23H2,1-4H3/b19-18+. The largest absolute Gasteiger partial charge is 0.493 e. The maximum atomic E-state index is 13.1. The molecule has 0 N–H and O–H groups in total. The predicted molar refractivity (Wildman–Crippen MR) is 178 cm³/mol. The van der Waals surface area contributed by atoms with Crippen LogP contribution in [0.2, 0.25) is 0 Å². The number of carbonyl (C=O) groups excluding carboxylic acids is 2. The number of rotatable bonds is 17. The van der Waals surface area contributed by atoms with Crippen molar-refractivity contribution in [1.82, 2.24) is 4.90 Å². The van der Waals surface area contributed by atoms with Crippen LogP contribution in [0.1, 0.15) is 48.0 Å². The lowest BCUT2D eigenvalue weighted by Gasteiger charge is -2.16. The molecule has 0 aliphatic carbocycles. The molecule has 4 rings (SSSR count). The van der Waals surface area contributed by atoms with Crippen molar-refractivity contribution in [2.75, 3.05) is 54.7 Å². The number of fused-ring (bicyclic) bond motifs is 2. The first-order valence-electron chi connectivity index (χ1n) is 15.4. The monoisotopic (exact) mass is 613 g/mol. The summed E-state index contributed by atoms with van der Waals surface area (Å²) in [6.07, 6.45) is 8.10. The lowest BCUT2D eigenvalue weighted by atomic mass is 9.97. The third-order valence-electron chi connectivity index (χ3n) is 7.71. The van der Waals surface area contributed by atoms with E-state index in [9.17, 15) is 9.59 Å². The molecule has 0 radical (unpaired) electrons. The molecule has 4 aromatic carbocycles. The van der Waals surface area contributed by atoms with Gasteiger partial charge in [0.05, 0.1) is 33.5 Å². The maximum Gasteiger partial charge on any atom is 0.339 e. The summed E-state index contributed by atoms with van der Waals surface area (Å²) in [7, 11) is 6.66. The quantitative estimate of drug-likeness (QED) is 0.0531. The van der Waals surface area contributed by atoms with E-state index in [1.165, 1.54) is 6.08 Å². The lowest BCUT2D eigenvalue weighted by molar-refractivity contribution is -0.138. The number of ether oxygens (including phenoxy) is 5. The fourth-order valence-electron chi connectivity index (χ4n) is 5.31. The molecule has 4 aromatic rings. The van der Waals surface area contributed by atoms with Crippen LogP contribution in [0.25, 0.3) is 27.6 Å². The number of unbranched alkanes of at least 4 members (excludes halogenated alkanes) is 4. The van der Waals surface area contributed by atoms with Gasteiger partial charge in [0.2, 0.25) is 5.75 Å². The summed E-state index contributed by atoms with van der Waals surface area (Å²) in [5, 5.41) is 3.92. The van der Waals surface area contributed by atoms with E-state index in [-0.39, 0.29) is 5.97 Å². The van der Waals surface area contributed by atoms with E-state index in [0.717, 1.165) is 65.8 Å². The van der Waals surface area contributed by atoms with Gasteiger partial charge in [0, 0.05) is 12.6 Å². The zero-order chi connectivity index (χ0) is 32.0. The molecule has 0 saturated heterocycles. The summed E-state index contributed by atoms with van der Waals surface area (Å²) in [6, 6.07) is 21.5. The first kappa shape index (κ1) is 33.3. The number of hydrogen-bond donors (Lipinski definition) is 0. The lowest BCUT2D eigenvalue weighted by Crippen LogP contribution is -2.25. The Labute approximate surface area is 265 Å². The normalized spacial score (nSPS) is 11.3.